The number of halogens is 3. The van der Waals surface area contributed by atoms with Crippen LogP contribution < -0.4 is 0 Å². The molecule has 1 aromatic heterocycles. The normalized spacial score (nSPS) is 10.7. The van der Waals surface area contributed by atoms with E-state index in [1.807, 2.05) is 6.92 Å². The molecule has 0 saturated heterocycles. The van der Waals surface area contributed by atoms with E-state index < -0.39 is 28.8 Å². The monoisotopic (exact) mass is 269 g/mol. The predicted molar refractivity (Wildman–Crippen MR) is 60.1 cm³/mol. The Hall–Kier alpha value is -2.18. The number of hydrogen-bond donors (Lipinski definition) is 0. The minimum absolute atomic E-state index is 0.0359. The first-order valence-corrected chi connectivity index (χ1v) is 5.62. The van der Waals surface area contributed by atoms with E-state index in [9.17, 15) is 18.0 Å². The van der Waals surface area contributed by atoms with Gasteiger partial charge in [-0.3, -0.25) is 4.79 Å². The summed E-state index contributed by atoms with van der Waals surface area (Å²) in [4.78, 5) is 12.1. The molecule has 0 N–H and O–H groups in total. The summed E-state index contributed by atoms with van der Waals surface area (Å²) in [6.07, 6.45) is 1.80. The van der Waals surface area contributed by atoms with Crippen molar-refractivity contribution in [1.82, 2.24) is 15.0 Å². The molecule has 2 aromatic rings. The zero-order valence-corrected chi connectivity index (χ0v) is 10.0. The maximum absolute atomic E-state index is 13.5. The molecule has 0 radical (unpaired) electrons. The number of aryl methyl sites for hydroxylation is 1. The van der Waals surface area contributed by atoms with Crippen LogP contribution in [0.5, 0.6) is 0 Å². The number of ketones is 1. The first-order chi connectivity index (χ1) is 9.04. The van der Waals surface area contributed by atoms with Gasteiger partial charge in [0.15, 0.2) is 0 Å². The predicted octanol–water partition coefficient (Wildman–Crippen LogP) is 2.34. The molecule has 0 aliphatic heterocycles. The summed E-state index contributed by atoms with van der Waals surface area (Å²) in [5.74, 6) is -4.47. The van der Waals surface area contributed by atoms with E-state index in [4.69, 9.17) is 0 Å². The largest absolute Gasteiger partial charge is 0.287 e. The Morgan fingerprint density at radius 2 is 1.89 bits per heavy atom. The summed E-state index contributed by atoms with van der Waals surface area (Å²) in [6, 6.07) is 0.925. The highest BCUT2D eigenvalue weighted by molar-refractivity contribution is 6.08. The summed E-state index contributed by atoms with van der Waals surface area (Å²) < 4.78 is 41.1. The Morgan fingerprint density at radius 3 is 2.47 bits per heavy atom. The first-order valence-electron chi connectivity index (χ1n) is 5.62. The summed E-state index contributed by atoms with van der Waals surface area (Å²) in [6.45, 7) is 2.25. The van der Waals surface area contributed by atoms with Crippen LogP contribution in [0.15, 0.2) is 18.3 Å². The lowest BCUT2D eigenvalue weighted by molar-refractivity contribution is 0.102. The average molecular weight is 269 g/mol. The van der Waals surface area contributed by atoms with Gasteiger partial charge in [-0.15, -0.1) is 5.10 Å². The van der Waals surface area contributed by atoms with Crippen molar-refractivity contribution in [3.8, 4) is 0 Å². The molecule has 4 nitrogen and oxygen atoms in total. The summed E-state index contributed by atoms with van der Waals surface area (Å²) in [5, 5.41) is 7.19. The van der Waals surface area contributed by atoms with Crippen LogP contribution in [0.25, 0.3) is 0 Å². The van der Waals surface area contributed by atoms with E-state index in [-0.39, 0.29) is 5.69 Å². The van der Waals surface area contributed by atoms with E-state index in [0.717, 1.165) is 6.20 Å². The number of benzene rings is 1. The molecule has 7 heteroatoms. The van der Waals surface area contributed by atoms with Gasteiger partial charge in [0.2, 0.25) is 5.78 Å². The molecule has 0 fully saturated rings. The van der Waals surface area contributed by atoms with Crippen LogP contribution in [0.1, 0.15) is 29.4 Å². The smallest absolute Gasteiger partial charge is 0.218 e. The molecule has 0 saturated carbocycles. The van der Waals surface area contributed by atoms with Crippen molar-refractivity contribution < 1.29 is 18.0 Å². The van der Waals surface area contributed by atoms with Gasteiger partial charge in [0.05, 0.1) is 11.8 Å². The fraction of sp³-hybridized carbons (Fsp3) is 0.250. The summed E-state index contributed by atoms with van der Waals surface area (Å²) in [7, 11) is 0. The minimum atomic E-state index is -1.24. The topological polar surface area (TPSA) is 47.8 Å². The van der Waals surface area contributed by atoms with Gasteiger partial charge < -0.3 is 0 Å². The van der Waals surface area contributed by atoms with Crippen molar-refractivity contribution in [3.05, 3.63) is 47.0 Å². The van der Waals surface area contributed by atoms with Crippen LogP contribution in [0.3, 0.4) is 0 Å². The fourth-order valence-electron chi connectivity index (χ4n) is 1.70. The number of rotatable bonds is 4. The van der Waals surface area contributed by atoms with Crippen molar-refractivity contribution in [1.29, 1.82) is 0 Å². The Labute approximate surface area is 106 Å². The maximum atomic E-state index is 13.5. The third-order valence-corrected chi connectivity index (χ3v) is 2.52. The Bertz CT molecular complexity index is 601. The lowest BCUT2D eigenvalue weighted by Gasteiger charge is -2.06. The zero-order chi connectivity index (χ0) is 14.0. The molecule has 0 atom stereocenters. The molecule has 2 rings (SSSR count). The van der Waals surface area contributed by atoms with E-state index in [2.05, 4.69) is 10.3 Å². The lowest BCUT2D eigenvalue weighted by atomic mass is 10.1. The number of carbonyl (C=O) groups excluding carboxylic acids is 1. The molecule has 0 aliphatic carbocycles. The summed E-state index contributed by atoms with van der Waals surface area (Å²) >= 11 is 0. The van der Waals surface area contributed by atoms with Gasteiger partial charge in [0, 0.05) is 18.7 Å². The lowest BCUT2D eigenvalue weighted by Crippen LogP contribution is -2.14. The Morgan fingerprint density at radius 1 is 1.26 bits per heavy atom. The first kappa shape index (κ1) is 13.3. The van der Waals surface area contributed by atoms with Crippen molar-refractivity contribution >= 4 is 5.78 Å². The van der Waals surface area contributed by atoms with Crippen LogP contribution in [0.4, 0.5) is 13.2 Å². The Balaban J connectivity index is 2.47. The van der Waals surface area contributed by atoms with E-state index in [0.29, 0.717) is 25.1 Å². The zero-order valence-electron chi connectivity index (χ0n) is 10.0. The molecular weight excluding hydrogens is 259 g/mol. The third-order valence-electron chi connectivity index (χ3n) is 2.52. The van der Waals surface area contributed by atoms with E-state index >= 15 is 0 Å². The van der Waals surface area contributed by atoms with Crippen molar-refractivity contribution in [2.45, 2.75) is 19.9 Å². The second-order valence-corrected chi connectivity index (χ2v) is 3.92. The molecular formula is C12H10F3N3O. The number of carbonyl (C=O) groups is 1. The van der Waals surface area contributed by atoms with Crippen LogP contribution in [0, 0.1) is 17.5 Å². The van der Waals surface area contributed by atoms with Crippen LogP contribution in [0.2, 0.25) is 0 Å². The fourth-order valence-corrected chi connectivity index (χ4v) is 1.70. The molecule has 100 valence electrons. The maximum Gasteiger partial charge on any atom is 0.218 e. The molecule has 0 unspecified atom stereocenters. The molecule has 0 amide bonds. The van der Waals surface area contributed by atoms with Crippen LogP contribution in [-0.4, -0.2) is 20.8 Å². The van der Waals surface area contributed by atoms with Crippen molar-refractivity contribution in [2.24, 2.45) is 0 Å². The molecule has 1 heterocycles. The molecule has 0 spiro atoms. The molecule has 19 heavy (non-hydrogen) atoms. The molecule has 0 bridgehead atoms. The van der Waals surface area contributed by atoms with Crippen LogP contribution in [-0.2, 0) is 6.54 Å². The number of nitrogens with zero attached hydrogens (tertiary/aromatic N) is 3. The third kappa shape index (κ3) is 2.49. The highest BCUT2D eigenvalue weighted by atomic mass is 19.1. The average Bonchev–Trinajstić information content (AvgIpc) is 2.76. The van der Waals surface area contributed by atoms with E-state index in [1.165, 1.54) is 4.68 Å². The molecule has 0 aliphatic rings. The van der Waals surface area contributed by atoms with E-state index in [1.54, 1.807) is 0 Å². The van der Waals surface area contributed by atoms with Gasteiger partial charge in [-0.05, 0) is 6.42 Å². The van der Waals surface area contributed by atoms with Gasteiger partial charge in [-0.1, -0.05) is 12.1 Å². The standard InChI is InChI=1S/C12H10F3N3O/c1-2-3-18-10(6-16-17-18)12(19)11-8(14)4-7(13)5-9(11)15/h4-6H,2-3H2,1H3. The van der Waals surface area contributed by atoms with Crippen molar-refractivity contribution in [3.63, 3.8) is 0 Å². The summed E-state index contributed by atoms with van der Waals surface area (Å²) in [5.41, 5.74) is -0.840. The van der Waals surface area contributed by atoms with Gasteiger partial charge in [-0.25, -0.2) is 17.9 Å². The van der Waals surface area contributed by atoms with Gasteiger partial charge >= 0.3 is 0 Å². The van der Waals surface area contributed by atoms with Gasteiger partial charge in [0.1, 0.15) is 23.1 Å². The molecule has 1 aromatic carbocycles. The number of aromatic nitrogens is 3. The van der Waals surface area contributed by atoms with Gasteiger partial charge in [-0.2, -0.15) is 0 Å². The minimum Gasteiger partial charge on any atom is -0.287 e. The second-order valence-electron chi connectivity index (χ2n) is 3.92. The quantitative estimate of drug-likeness (QED) is 0.800. The number of hydrogen-bond acceptors (Lipinski definition) is 3. The second kappa shape index (κ2) is 5.21. The highest BCUT2D eigenvalue weighted by Crippen LogP contribution is 2.18. The highest BCUT2D eigenvalue weighted by Gasteiger charge is 2.23. The van der Waals surface area contributed by atoms with Crippen LogP contribution >= 0.6 is 0 Å². The van der Waals surface area contributed by atoms with Gasteiger partial charge in [0.25, 0.3) is 0 Å². The van der Waals surface area contributed by atoms with Crippen molar-refractivity contribution in [2.75, 3.05) is 0 Å². The Kier molecular flexibility index (Phi) is 3.64. The SMILES string of the molecule is CCCn1nncc1C(=O)c1c(F)cc(F)cc1F.